The maximum absolute atomic E-state index is 13.1. The number of aryl methyl sites for hydroxylation is 1. The molecule has 0 spiro atoms. The van der Waals surface area contributed by atoms with Crippen LogP contribution in [0, 0.1) is 12.7 Å². The summed E-state index contributed by atoms with van der Waals surface area (Å²) in [6, 6.07) is 6.31. The topological polar surface area (TPSA) is 34.4 Å². The normalized spacial score (nSPS) is 11.2. The maximum Gasteiger partial charge on any atom is 0.168 e. The SMILES string of the molecule is Cc1nc2c3ccc(F)cc3ccn2c1C=O. The molecule has 0 atom stereocenters. The molecule has 3 rings (SSSR count). The van der Waals surface area contributed by atoms with Gasteiger partial charge in [0.05, 0.1) is 5.69 Å². The number of aromatic nitrogens is 2. The van der Waals surface area contributed by atoms with E-state index in [2.05, 4.69) is 4.98 Å². The van der Waals surface area contributed by atoms with Gasteiger partial charge in [-0.2, -0.15) is 0 Å². The van der Waals surface area contributed by atoms with Crippen LogP contribution in [0.15, 0.2) is 30.5 Å². The fourth-order valence-electron chi connectivity index (χ4n) is 2.07. The van der Waals surface area contributed by atoms with Crippen LogP contribution in [0.3, 0.4) is 0 Å². The van der Waals surface area contributed by atoms with Crippen molar-refractivity contribution < 1.29 is 9.18 Å². The van der Waals surface area contributed by atoms with Crippen LogP contribution < -0.4 is 0 Å². The van der Waals surface area contributed by atoms with Crippen molar-refractivity contribution in [3.05, 3.63) is 47.7 Å². The molecule has 0 radical (unpaired) electrons. The van der Waals surface area contributed by atoms with E-state index < -0.39 is 0 Å². The van der Waals surface area contributed by atoms with Gasteiger partial charge in [-0.25, -0.2) is 9.37 Å². The lowest BCUT2D eigenvalue weighted by Gasteiger charge is -2.01. The molecule has 3 nitrogen and oxygen atoms in total. The molecule has 2 heterocycles. The van der Waals surface area contributed by atoms with E-state index in [4.69, 9.17) is 0 Å². The Balaban J connectivity index is 2.52. The predicted octanol–water partition coefficient (Wildman–Crippen LogP) is 2.75. The van der Waals surface area contributed by atoms with Crippen LogP contribution in [0.1, 0.15) is 16.2 Å². The number of halogens is 1. The molecule has 84 valence electrons. The van der Waals surface area contributed by atoms with Crippen LogP contribution >= 0.6 is 0 Å². The average molecular weight is 228 g/mol. The Labute approximate surface area is 96.5 Å². The Kier molecular flexibility index (Phi) is 1.98. The van der Waals surface area contributed by atoms with Crippen molar-refractivity contribution in [1.29, 1.82) is 0 Å². The second kappa shape index (κ2) is 3.38. The van der Waals surface area contributed by atoms with Gasteiger partial charge in [-0.3, -0.25) is 9.20 Å². The monoisotopic (exact) mass is 228 g/mol. The van der Waals surface area contributed by atoms with Gasteiger partial charge in [0.15, 0.2) is 6.29 Å². The molecule has 0 amide bonds. The number of hydrogen-bond acceptors (Lipinski definition) is 2. The maximum atomic E-state index is 13.1. The quantitative estimate of drug-likeness (QED) is 0.600. The number of carbonyl (C=O) groups is 1. The van der Waals surface area contributed by atoms with E-state index in [0.717, 1.165) is 17.1 Å². The largest absolute Gasteiger partial charge is 0.297 e. The van der Waals surface area contributed by atoms with E-state index >= 15 is 0 Å². The fourth-order valence-corrected chi connectivity index (χ4v) is 2.07. The number of pyridine rings is 1. The van der Waals surface area contributed by atoms with E-state index in [1.54, 1.807) is 29.7 Å². The summed E-state index contributed by atoms with van der Waals surface area (Å²) in [6.45, 7) is 1.78. The minimum Gasteiger partial charge on any atom is -0.297 e. The highest BCUT2D eigenvalue weighted by Crippen LogP contribution is 2.22. The summed E-state index contributed by atoms with van der Waals surface area (Å²) in [5.74, 6) is -0.277. The Morgan fingerprint density at radius 3 is 2.94 bits per heavy atom. The number of imidazole rings is 1. The van der Waals surface area contributed by atoms with Crippen molar-refractivity contribution in [3.63, 3.8) is 0 Å². The van der Waals surface area contributed by atoms with E-state index in [0.29, 0.717) is 17.0 Å². The third-order valence-corrected chi connectivity index (χ3v) is 2.90. The van der Waals surface area contributed by atoms with Gasteiger partial charge in [0.25, 0.3) is 0 Å². The Hall–Kier alpha value is -2.23. The minimum atomic E-state index is -0.277. The van der Waals surface area contributed by atoms with Gasteiger partial charge in [-0.05, 0) is 36.6 Å². The summed E-state index contributed by atoms with van der Waals surface area (Å²) in [6.07, 6.45) is 2.52. The van der Waals surface area contributed by atoms with Crippen molar-refractivity contribution in [3.8, 4) is 0 Å². The highest BCUT2D eigenvalue weighted by atomic mass is 19.1. The minimum absolute atomic E-state index is 0.277. The van der Waals surface area contributed by atoms with Crippen molar-refractivity contribution in [1.82, 2.24) is 9.38 Å². The van der Waals surface area contributed by atoms with Gasteiger partial charge in [0, 0.05) is 11.6 Å². The molecule has 1 aromatic carbocycles. The molecule has 17 heavy (non-hydrogen) atoms. The van der Waals surface area contributed by atoms with Crippen LogP contribution in [0.25, 0.3) is 16.4 Å². The van der Waals surface area contributed by atoms with Gasteiger partial charge in [-0.1, -0.05) is 0 Å². The summed E-state index contributed by atoms with van der Waals surface area (Å²) in [5.41, 5.74) is 1.89. The first-order valence-corrected chi connectivity index (χ1v) is 5.23. The van der Waals surface area contributed by atoms with Crippen molar-refractivity contribution in [2.24, 2.45) is 0 Å². The van der Waals surface area contributed by atoms with Gasteiger partial charge in [0.2, 0.25) is 0 Å². The number of aldehydes is 1. The highest BCUT2D eigenvalue weighted by molar-refractivity contribution is 5.95. The molecule has 4 heteroatoms. The number of benzene rings is 1. The van der Waals surface area contributed by atoms with Crippen LogP contribution in [-0.4, -0.2) is 15.7 Å². The molecule has 0 saturated carbocycles. The molecule has 0 N–H and O–H groups in total. The zero-order valence-electron chi connectivity index (χ0n) is 9.14. The standard InChI is InChI=1S/C13H9FN2O/c1-8-12(7-17)16-5-4-9-6-10(14)2-3-11(9)13(16)15-8/h2-7H,1H3. The molecule has 0 saturated heterocycles. The Bertz CT molecular complexity index is 746. The van der Waals surface area contributed by atoms with E-state index in [1.807, 2.05) is 0 Å². The van der Waals surface area contributed by atoms with Crippen LogP contribution in [0.4, 0.5) is 4.39 Å². The average Bonchev–Trinajstić information content (AvgIpc) is 2.64. The first-order valence-electron chi connectivity index (χ1n) is 5.23. The molecule has 0 aliphatic carbocycles. The number of nitrogens with zero attached hydrogens (tertiary/aromatic N) is 2. The van der Waals surface area contributed by atoms with Crippen molar-refractivity contribution in [2.45, 2.75) is 6.92 Å². The lowest BCUT2D eigenvalue weighted by atomic mass is 10.1. The number of carbonyl (C=O) groups excluding carboxylic acids is 1. The smallest absolute Gasteiger partial charge is 0.168 e. The number of hydrogen-bond donors (Lipinski definition) is 0. The summed E-state index contributed by atoms with van der Waals surface area (Å²) >= 11 is 0. The lowest BCUT2D eigenvalue weighted by Crippen LogP contribution is -1.92. The molecule has 0 aliphatic rings. The molecular weight excluding hydrogens is 219 g/mol. The number of rotatable bonds is 1. The fraction of sp³-hybridized carbons (Fsp3) is 0.0769. The van der Waals surface area contributed by atoms with E-state index in [-0.39, 0.29) is 5.82 Å². The summed E-state index contributed by atoms with van der Waals surface area (Å²) in [7, 11) is 0. The van der Waals surface area contributed by atoms with Crippen LogP contribution in [0.5, 0.6) is 0 Å². The van der Waals surface area contributed by atoms with Gasteiger partial charge in [-0.15, -0.1) is 0 Å². The van der Waals surface area contributed by atoms with E-state index in [9.17, 15) is 9.18 Å². The summed E-state index contributed by atoms with van der Waals surface area (Å²) in [5, 5.41) is 1.62. The molecule has 3 aromatic rings. The Morgan fingerprint density at radius 2 is 2.18 bits per heavy atom. The molecular formula is C13H9FN2O. The predicted molar refractivity (Wildman–Crippen MR) is 62.8 cm³/mol. The first-order chi connectivity index (χ1) is 8.20. The zero-order chi connectivity index (χ0) is 12.0. The lowest BCUT2D eigenvalue weighted by molar-refractivity contribution is 0.111. The third-order valence-electron chi connectivity index (χ3n) is 2.90. The zero-order valence-corrected chi connectivity index (χ0v) is 9.14. The summed E-state index contributed by atoms with van der Waals surface area (Å²) in [4.78, 5) is 15.3. The summed E-state index contributed by atoms with van der Waals surface area (Å²) < 4.78 is 14.8. The van der Waals surface area contributed by atoms with Crippen LogP contribution in [-0.2, 0) is 0 Å². The Morgan fingerprint density at radius 1 is 1.35 bits per heavy atom. The van der Waals surface area contributed by atoms with Gasteiger partial charge in [0.1, 0.15) is 17.2 Å². The molecule has 0 fully saturated rings. The highest BCUT2D eigenvalue weighted by Gasteiger charge is 2.10. The van der Waals surface area contributed by atoms with Crippen LogP contribution in [0.2, 0.25) is 0 Å². The number of fused-ring (bicyclic) bond motifs is 3. The molecule has 2 aromatic heterocycles. The van der Waals surface area contributed by atoms with Gasteiger partial charge < -0.3 is 0 Å². The van der Waals surface area contributed by atoms with Gasteiger partial charge >= 0.3 is 0 Å². The second-order valence-corrected chi connectivity index (χ2v) is 3.94. The molecule has 0 aliphatic heterocycles. The molecule has 0 unspecified atom stereocenters. The van der Waals surface area contributed by atoms with E-state index in [1.165, 1.54) is 12.1 Å². The third kappa shape index (κ3) is 1.34. The van der Waals surface area contributed by atoms with Crippen molar-refractivity contribution in [2.75, 3.05) is 0 Å². The van der Waals surface area contributed by atoms with Crippen molar-refractivity contribution >= 4 is 22.7 Å². The first kappa shape index (κ1) is 9.96. The second-order valence-electron chi connectivity index (χ2n) is 3.94. The molecule has 0 bridgehead atoms.